The summed E-state index contributed by atoms with van der Waals surface area (Å²) in [4.78, 5) is 14.5. The van der Waals surface area contributed by atoms with E-state index in [-0.39, 0.29) is 18.2 Å². The number of carbonyl (C=O) groups is 1. The van der Waals surface area contributed by atoms with Gasteiger partial charge in [0.25, 0.3) is 0 Å². The van der Waals surface area contributed by atoms with Crippen LogP contribution < -0.4 is 14.8 Å². The summed E-state index contributed by atoms with van der Waals surface area (Å²) in [6, 6.07) is 15.3. The predicted molar refractivity (Wildman–Crippen MR) is 116 cm³/mol. The van der Waals surface area contributed by atoms with Crippen molar-refractivity contribution in [3.05, 3.63) is 54.1 Å². The van der Waals surface area contributed by atoms with Gasteiger partial charge in [0.15, 0.2) is 11.5 Å². The number of carbonyl (C=O) groups excluding carboxylic acids is 1. The van der Waals surface area contributed by atoms with Crippen molar-refractivity contribution in [2.75, 3.05) is 32.1 Å². The average Bonchev–Trinajstić information content (AvgIpc) is 2.80. The number of amides is 2. The van der Waals surface area contributed by atoms with Crippen LogP contribution in [-0.2, 0) is 4.74 Å². The molecule has 160 valence electrons. The summed E-state index contributed by atoms with van der Waals surface area (Å²) in [6.45, 7) is 1.56. The van der Waals surface area contributed by atoms with Crippen molar-refractivity contribution in [3.63, 3.8) is 0 Å². The molecule has 1 N–H and O–H groups in total. The molecule has 0 spiro atoms. The van der Waals surface area contributed by atoms with Gasteiger partial charge >= 0.3 is 6.03 Å². The molecule has 2 aliphatic rings. The number of para-hydroxylation sites is 1. The van der Waals surface area contributed by atoms with Gasteiger partial charge in [0, 0.05) is 12.2 Å². The lowest BCUT2D eigenvalue weighted by molar-refractivity contribution is -0.0137. The van der Waals surface area contributed by atoms with Crippen molar-refractivity contribution in [1.82, 2.24) is 4.90 Å². The van der Waals surface area contributed by atoms with Gasteiger partial charge in [-0.3, -0.25) is 0 Å². The molecule has 1 aliphatic carbocycles. The van der Waals surface area contributed by atoms with Crippen LogP contribution in [0.1, 0.15) is 43.8 Å². The van der Waals surface area contributed by atoms with Gasteiger partial charge in [0.1, 0.15) is 6.10 Å². The molecule has 1 saturated heterocycles. The summed E-state index contributed by atoms with van der Waals surface area (Å²) in [7, 11) is 1.66. The fraction of sp³-hybridized carbons (Fsp3) is 0.458. The van der Waals surface area contributed by atoms with Gasteiger partial charge in [-0.25, -0.2) is 4.79 Å². The molecule has 2 amide bonds. The van der Waals surface area contributed by atoms with Crippen LogP contribution in [0, 0.1) is 0 Å². The molecule has 1 heterocycles. The van der Waals surface area contributed by atoms with E-state index in [1.54, 1.807) is 12.0 Å². The number of hydrogen-bond acceptors (Lipinski definition) is 4. The Labute approximate surface area is 178 Å². The molecule has 0 radical (unpaired) electrons. The number of ether oxygens (including phenoxy) is 3. The standard InChI is InChI=1S/C24H30N2O4/c1-28-21-13-12-18(16-22(21)30-20-10-6-3-7-11-20)23-17-26(14-15-29-23)24(27)25-19-8-4-2-5-9-19/h2,4-5,8-9,12-13,16,20,23H,3,6-7,10-11,14-15,17H2,1H3,(H,25,27). The summed E-state index contributed by atoms with van der Waals surface area (Å²) in [5.74, 6) is 1.50. The maximum Gasteiger partial charge on any atom is 0.322 e. The van der Waals surface area contributed by atoms with Gasteiger partial charge in [0.05, 0.1) is 26.4 Å². The van der Waals surface area contributed by atoms with Gasteiger partial charge in [-0.15, -0.1) is 0 Å². The highest BCUT2D eigenvalue weighted by Crippen LogP contribution is 2.35. The third-order valence-corrected chi connectivity index (χ3v) is 5.78. The van der Waals surface area contributed by atoms with Crippen LogP contribution >= 0.6 is 0 Å². The van der Waals surface area contributed by atoms with Crippen molar-refractivity contribution < 1.29 is 19.0 Å². The number of nitrogens with zero attached hydrogens (tertiary/aromatic N) is 1. The van der Waals surface area contributed by atoms with E-state index in [9.17, 15) is 4.79 Å². The lowest BCUT2D eigenvalue weighted by Gasteiger charge is -2.33. The van der Waals surface area contributed by atoms with Gasteiger partial charge in [0.2, 0.25) is 0 Å². The lowest BCUT2D eigenvalue weighted by Crippen LogP contribution is -2.44. The third-order valence-electron chi connectivity index (χ3n) is 5.78. The first-order valence-electron chi connectivity index (χ1n) is 10.8. The second-order valence-electron chi connectivity index (χ2n) is 7.89. The van der Waals surface area contributed by atoms with E-state index in [0.717, 1.165) is 35.6 Å². The Hall–Kier alpha value is -2.73. The third kappa shape index (κ3) is 5.05. The lowest BCUT2D eigenvalue weighted by atomic mass is 9.97. The van der Waals surface area contributed by atoms with Crippen molar-refractivity contribution >= 4 is 11.7 Å². The van der Waals surface area contributed by atoms with Crippen LogP contribution in [0.25, 0.3) is 0 Å². The van der Waals surface area contributed by atoms with Gasteiger partial charge in [-0.1, -0.05) is 30.7 Å². The molecule has 1 unspecified atom stereocenters. The fourth-order valence-corrected chi connectivity index (χ4v) is 4.11. The number of hydrogen-bond donors (Lipinski definition) is 1. The molecule has 2 aromatic carbocycles. The molecule has 4 rings (SSSR count). The monoisotopic (exact) mass is 410 g/mol. The maximum atomic E-state index is 12.7. The molecule has 30 heavy (non-hydrogen) atoms. The van der Waals surface area contributed by atoms with Gasteiger partial charge < -0.3 is 24.4 Å². The SMILES string of the molecule is COc1ccc(C2CN(C(=O)Nc3ccccc3)CCO2)cc1OC1CCCCC1. The number of methoxy groups -OCH3 is 1. The Morgan fingerprint density at radius 3 is 2.63 bits per heavy atom. The van der Waals surface area contributed by atoms with Gasteiger partial charge in [-0.2, -0.15) is 0 Å². The number of nitrogens with one attached hydrogen (secondary N) is 1. The second-order valence-corrected chi connectivity index (χ2v) is 7.89. The summed E-state index contributed by atoms with van der Waals surface area (Å²) < 4.78 is 17.8. The number of morpholine rings is 1. The number of rotatable bonds is 5. The minimum absolute atomic E-state index is 0.110. The smallest absolute Gasteiger partial charge is 0.322 e. The van der Waals surface area contributed by atoms with Crippen molar-refractivity contribution in [2.45, 2.75) is 44.3 Å². The van der Waals surface area contributed by atoms with E-state index in [1.807, 2.05) is 48.5 Å². The molecule has 2 fully saturated rings. The number of urea groups is 1. The Kier molecular flexibility index (Phi) is 6.74. The van der Waals surface area contributed by atoms with Crippen LogP contribution in [0.4, 0.5) is 10.5 Å². The highest BCUT2D eigenvalue weighted by atomic mass is 16.5. The molecule has 6 heteroatoms. The second kappa shape index (κ2) is 9.85. The van der Waals surface area contributed by atoms with Crippen LogP contribution in [-0.4, -0.2) is 43.8 Å². The Bertz CT molecular complexity index is 836. The van der Waals surface area contributed by atoms with Crippen molar-refractivity contribution in [2.24, 2.45) is 0 Å². The Morgan fingerprint density at radius 1 is 1.07 bits per heavy atom. The molecule has 1 atom stereocenters. The zero-order chi connectivity index (χ0) is 20.8. The molecular weight excluding hydrogens is 380 g/mol. The Balaban J connectivity index is 1.44. The molecule has 1 aliphatic heterocycles. The topological polar surface area (TPSA) is 60.0 Å². The van der Waals surface area contributed by atoms with Crippen molar-refractivity contribution in [1.29, 1.82) is 0 Å². The van der Waals surface area contributed by atoms with Crippen LogP contribution in [0.5, 0.6) is 11.5 Å². The molecule has 6 nitrogen and oxygen atoms in total. The normalized spacial score (nSPS) is 19.9. The van der Waals surface area contributed by atoms with E-state index >= 15 is 0 Å². The fourth-order valence-electron chi connectivity index (χ4n) is 4.11. The molecule has 2 aromatic rings. The van der Waals surface area contributed by atoms with Gasteiger partial charge in [-0.05, 0) is 55.5 Å². The Morgan fingerprint density at radius 2 is 1.87 bits per heavy atom. The first kappa shape index (κ1) is 20.5. The van der Waals surface area contributed by atoms with E-state index in [2.05, 4.69) is 5.32 Å². The highest BCUT2D eigenvalue weighted by molar-refractivity contribution is 5.89. The average molecular weight is 411 g/mol. The minimum atomic E-state index is -0.195. The number of benzene rings is 2. The van der Waals surface area contributed by atoms with Crippen molar-refractivity contribution in [3.8, 4) is 11.5 Å². The summed E-state index contributed by atoms with van der Waals surface area (Å²) in [5.41, 5.74) is 1.79. The van der Waals surface area contributed by atoms with E-state index in [1.165, 1.54) is 19.3 Å². The first-order valence-corrected chi connectivity index (χ1v) is 10.8. The molecule has 0 bridgehead atoms. The van der Waals surface area contributed by atoms with E-state index < -0.39 is 0 Å². The maximum absolute atomic E-state index is 12.7. The summed E-state index contributed by atoms with van der Waals surface area (Å²) in [6.07, 6.45) is 5.92. The highest BCUT2D eigenvalue weighted by Gasteiger charge is 2.27. The van der Waals surface area contributed by atoms with E-state index in [0.29, 0.717) is 19.7 Å². The number of anilines is 1. The van der Waals surface area contributed by atoms with Crippen LogP contribution in [0.2, 0.25) is 0 Å². The summed E-state index contributed by atoms with van der Waals surface area (Å²) in [5, 5.41) is 2.95. The molecule has 0 aromatic heterocycles. The zero-order valence-electron chi connectivity index (χ0n) is 17.5. The molecule has 1 saturated carbocycles. The van der Waals surface area contributed by atoms with Crippen LogP contribution in [0.15, 0.2) is 48.5 Å². The largest absolute Gasteiger partial charge is 0.493 e. The van der Waals surface area contributed by atoms with E-state index in [4.69, 9.17) is 14.2 Å². The summed E-state index contributed by atoms with van der Waals surface area (Å²) >= 11 is 0. The minimum Gasteiger partial charge on any atom is -0.493 e. The quantitative estimate of drug-likeness (QED) is 0.753. The molecular formula is C24H30N2O4. The predicted octanol–water partition coefficient (Wildman–Crippen LogP) is 5.01. The first-order chi connectivity index (χ1) is 14.7. The van der Waals surface area contributed by atoms with Crippen LogP contribution in [0.3, 0.4) is 0 Å². The zero-order valence-corrected chi connectivity index (χ0v) is 17.5.